The van der Waals surface area contributed by atoms with Gasteiger partial charge in [0.05, 0.1) is 11.6 Å². The number of hydrogen-bond acceptors (Lipinski definition) is 3. The van der Waals surface area contributed by atoms with Crippen molar-refractivity contribution in [3.05, 3.63) is 74.2 Å². The number of likely N-dealkylation sites (tertiary alicyclic amines) is 1. The van der Waals surface area contributed by atoms with Crippen LogP contribution in [0.4, 0.5) is 0 Å². The number of rotatable bonds is 3. The zero-order chi connectivity index (χ0) is 20.7. The van der Waals surface area contributed by atoms with Gasteiger partial charge in [0.2, 0.25) is 0 Å². The standard InChI is InChI=1S/C23H21BrClNO3/c1-13-12-15(8-11-18(13)24)21(27)19-20(14-6-9-16(25)10-7-14)26(23(29)22(19)28)17-4-2-3-5-17/h6-12,17,20,27H,2-5H2,1H3/b21-19-. The molecule has 1 heterocycles. The Hall–Kier alpha value is -2.11. The van der Waals surface area contributed by atoms with Crippen molar-refractivity contribution in [2.24, 2.45) is 0 Å². The smallest absolute Gasteiger partial charge is 0.295 e. The van der Waals surface area contributed by atoms with Crippen molar-refractivity contribution in [1.82, 2.24) is 4.90 Å². The Morgan fingerprint density at radius 3 is 2.38 bits per heavy atom. The van der Waals surface area contributed by atoms with Crippen LogP contribution in [0.1, 0.15) is 48.4 Å². The van der Waals surface area contributed by atoms with E-state index >= 15 is 0 Å². The molecule has 1 aliphatic carbocycles. The predicted octanol–water partition coefficient (Wildman–Crippen LogP) is 5.78. The first-order valence-corrected chi connectivity index (χ1v) is 10.9. The average Bonchev–Trinajstić information content (AvgIpc) is 3.31. The second kappa shape index (κ2) is 7.96. The Bertz CT molecular complexity index is 1010. The van der Waals surface area contributed by atoms with Crippen LogP contribution in [0.25, 0.3) is 5.76 Å². The topological polar surface area (TPSA) is 57.6 Å². The molecule has 1 saturated heterocycles. The van der Waals surface area contributed by atoms with Crippen LogP contribution in [0.5, 0.6) is 0 Å². The second-order valence-electron chi connectivity index (χ2n) is 7.66. The number of Topliss-reactive ketones (excluding diaryl/α,β-unsaturated/α-hetero) is 1. The highest BCUT2D eigenvalue weighted by Gasteiger charge is 2.49. The molecule has 1 aliphatic heterocycles. The highest BCUT2D eigenvalue weighted by atomic mass is 79.9. The summed E-state index contributed by atoms with van der Waals surface area (Å²) in [4.78, 5) is 27.7. The lowest BCUT2D eigenvalue weighted by molar-refractivity contribution is -0.141. The third-order valence-corrected chi connectivity index (χ3v) is 6.96. The number of hydrogen-bond donors (Lipinski definition) is 1. The molecule has 4 nitrogen and oxygen atoms in total. The van der Waals surface area contributed by atoms with Gasteiger partial charge >= 0.3 is 0 Å². The van der Waals surface area contributed by atoms with Gasteiger partial charge in [0, 0.05) is 21.1 Å². The molecule has 1 saturated carbocycles. The fourth-order valence-electron chi connectivity index (χ4n) is 4.33. The second-order valence-corrected chi connectivity index (χ2v) is 8.95. The van der Waals surface area contributed by atoms with Gasteiger partial charge in [-0.2, -0.15) is 0 Å². The molecule has 2 aliphatic rings. The van der Waals surface area contributed by atoms with E-state index in [-0.39, 0.29) is 17.4 Å². The van der Waals surface area contributed by atoms with Gasteiger partial charge in [0.1, 0.15) is 5.76 Å². The number of halogens is 2. The zero-order valence-electron chi connectivity index (χ0n) is 16.0. The number of amides is 1. The molecule has 0 aromatic heterocycles. The largest absolute Gasteiger partial charge is 0.507 e. The number of carbonyl (C=O) groups is 2. The SMILES string of the molecule is Cc1cc(/C(O)=C2/C(=O)C(=O)N(C3CCCC3)C2c2ccc(Cl)cc2)ccc1Br. The fraction of sp³-hybridized carbons (Fsp3) is 0.304. The van der Waals surface area contributed by atoms with E-state index < -0.39 is 17.7 Å². The molecule has 29 heavy (non-hydrogen) atoms. The Balaban J connectivity index is 1.89. The van der Waals surface area contributed by atoms with Gasteiger partial charge in [-0.15, -0.1) is 0 Å². The van der Waals surface area contributed by atoms with Crippen molar-refractivity contribution in [2.75, 3.05) is 0 Å². The van der Waals surface area contributed by atoms with Gasteiger partial charge < -0.3 is 10.0 Å². The van der Waals surface area contributed by atoms with Crippen LogP contribution in [0.3, 0.4) is 0 Å². The van der Waals surface area contributed by atoms with E-state index in [4.69, 9.17) is 11.6 Å². The summed E-state index contributed by atoms with van der Waals surface area (Å²) in [5.74, 6) is -1.30. The van der Waals surface area contributed by atoms with Crippen LogP contribution in [-0.4, -0.2) is 27.7 Å². The zero-order valence-corrected chi connectivity index (χ0v) is 18.3. The maximum atomic E-state index is 13.0. The molecule has 4 rings (SSSR count). The van der Waals surface area contributed by atoms with E-state index in [9.17, 15) is 14.7 Å². The van der Waals surface area contributed by atoms with E-state index in [0.29, 0.717) is 10.6 Å². The van der Waals surface area contributed by atoms with E-state index in [1.807, 2.05) is 25.1 Å². The molecule has 1 unspecified atom stereocenters. The number of aliphatic hydroxyl groups is 1. The summed E-state index contributed by atoms with van der Waals surface area (Å²) < 4.78 is 0.912. The Kier molecular flexibility index (Phi) is 5.54. The summed E-state index contributed by atoms with van der Waals surface area (Å²) in [6, 6.07) is 11.9. The molecule has 1 amide bonds. The normalized spacial score (nSPS) is 21.9. The fourth-order valence-corrected chi connectivity index (χ4v) is 4.70. The lowest BCUT2D eigenvalue weighted by Gasteiger charge is -2.30. The summed E-state index contributed by atoms with van der Waals surface area (Å²) in [5.41, 5.74) is 2.37. The minimum absolute atomic E-state index is 0.00378. The summed E-state index contributed by atoms with van der Waals surface area (Å²) in [6.07, 6.45) is 3.81. The minimum atomic E-state index is -0.630. The highest BCUT2D eigenvalue weighted by Crippen LogP contribution is 2.43. The number of carbonyl (C=O) groups excluding carboxylic acids is 2. The molecule has 2 aromatic carbocycles. The third kappa shape index (κ3) is 3.62. The Labute approximate surface area is 183 Å². The van der Waals surface area contributed by atoms with Gasteiger partial charge in [0.15, 0.2) is 0 Å². The van der Waals surface area contributed by atoms with E-state index in [1.54, 1.807) is 29.2 Å². The van der Waals surface area contributed by atoms with E-state index in [1.165, 1.54) is 0 Å². The number of ketones is 1. The maximum Gasteiger partial charge on any atom is 0.295 e. The van der Waals surface area contributed by atoms with Crippen LogP contribution in [0, 0.1) is 6.92 Å². The number of benzene rings is 2. The summed E-state index contributed by atoms with van der Waals surface area (Å²) in [7, 11) is 0. The summed E-state index contributed by atoms with van der Waals surface area (Å²) in [6.45, 7) is 1.91. The predicted molar refractivity (Wildman–Crippen MR) is 117 cm³/mol. The van der Waals surface area contributed by atoms with Gasteiger partial charge in [-0.1, -0.05) is 58.6 Å². The molecule has 0 spiro atoms. The van der Waals surface area contributed by atoms with Gasteiger partial charge in [0.25, 0.3) is 11.7 Å². The number of aryl methyl sites for hydroxylation is 1. The van der Waals surface area contributed by atoms with Crippen LogP contribution in [0.2, 0.25) is 5.02 Å². The van der Waals surface area contributed by atoms with Crippen molar-refractivity contribution in [3.63, 3.8) is 0 Å². The van der Waals surface area contributed by atoms with E-state index in [2.05, 4.69) is 15.9 Å². The molecular weight excluding hydrogens is 454 g/mol. The van der Waals surface area contributed by atoms with Crippen molar-refractivity contribution in [1.29, 1.82) is 0 Å². The molecular formula is C23H21BrClNO3. The number of nitrogens with zero attached hydrogens (tertiary/aromatic N) is 1. The third-order valence-electron chi connectivity index (χ3n) is 5.82. The first kappa shape index (κ1) is 20.2. The van der Waals surface area contributed by atoms with Gasteiger partial charge in [-0.05, 0) is 55.2 Å². The lowest BCUT2D eigenvalue weighted by Crippen LogP contribution is -2.37. The van der Waals surface area contributed by atoms with Crippen molar-refractivity contribution < 1.29 is 14.7 Å². The molecule has 1 atom stereocenters. The van der Waals surface area contributed by atoms with Crippen LogP contribution in [0.15, 0.2) is 52.5 Å². The molecule has 2 aromatic rings. The lowest BCUT2D eigenvalue weighted by atomic mass is 9.94. The molecule has 150 valence electrons. The first-order valence-electron chi connectivity index (χ1n) is 9.70. The Morgan fingerprint density at radius 1 is 1.10 bits per heavy atom. The first-order chi connectivity index (χ1) is 13.9. The highest BCUT2D eigenvalue weighted by molar-refractivity contribution is 9.10. The molecule has 0 radical (unpaired) electrons. The van der Waals surface area contributed by atoms with Crippen molar-refractivity contribution in [2.45, 2.75) is 44.7 Å². The number of aliphatic hydroxyl groups excluding tert-OH is 1. The Morgan fingerprint density at radius 2 is 1.76 bits per heavy atom. The molecule has 0 bridgehead atoms. The van der Waals surface area contributed by atoms with Gasteiger partial charge in [-0.3, -0.25) is 9.59 Å². The monoisotopic (exact) mass is 473 g/mol. The minimum Gasteiger partial charge on any atom is -0.507 e. The van der Waals surface area contributed by atoms with Crippen LogP contribution >= 0.6 is 27.5 Å². The quantitative estimate of drug-likeness (QED) is 0.349. The summed E-state index contributed by atoms with van der Waals surface area (Å²) in [5, 5.41) is 11.7. The molecule has 6 heteroatoms. The van der Waals surface area contributed by atoms with Crippen LogP contribution < -0.4 is 0 Å². The van der Waals surface area contributed by atoms with Crippen molar-refractivity contribution in [3.8, 4) is 0 Å². The maximum absolute atomic E-state index is 13.0. The van der Waals surface area contributed by atoms with Crippen LogP contribution in [-0.2, 0) is 9.59 Å². The molecule has 1 N–H and O–H groups in total. The summed E-state index contributed by atoms with van der Waals surface area (Å²) >= 11 is 9.51. The average molecular weight is 475 g/mol. The van der Waals surface area contributed by atoms with Crippen molar-refractivity contribution >= 4 is 45.0 Å². The molecule has 2 fully saturated rings. The van der Waals surface area contributed by atoms with Gasteiger partial charge in [-0.25, -0.2) is 0 Å². The van der Waals surface area contributed by atoms with E-state index in [0.717, 1.165) is 41.3 Å².